The van der Waals surface area contributed by atoms with Crippen LogP contribution in [0.3, 0.4) is 0 Å². The second-order valence-electron chi connectivity index (χ2n) is 6.38. The summed E-state index contributed by atoms with van der Waals surface area (Å²) in [5.41, 5.74) is 6.52. The molecule has 2 aliphatic heterocycles. The van der Waals surface area contributed by atoms with E-state index in [-0.39, 0.29) is 0 Å². The number of nitrogens with two attached hydrogens (primary N) is 1. The molecular weight excluding hydrogens is 236 g/mol. The molecule has 2 heterocycles. The Hall–Kier alpha value is -1.22. The van der Waals surface area contributed by atoms with Gasteiger partial charge >= 0.3 is 0 Å². The van der Waals surface area contributed by atoms with Gasteiger partial charge in [0.15, 0.2) is 0 Å². The van der Waals surface area contributed by atoms with Crippen LogP contribution in [0, 0.1) is 5.92 Å². The maximum Gasteiger partial charge on any atom is 0.119 e. The maximum atomic E-state index is 6.21. The van der Waals surface area contributed by atoms with Gasteiger partial charge in [0.1, 0.15) is 11.9 Å². The maximum absolute atomic E-state index is 6.21. The highest BCUT2D eigenvalue weighted by Gasteiger charge is 2.46. The predicted molar refractivity (Wildman–Crippen MR) is 76.1 cm³/mol. The van der Waals surface area contributed by atoms with E-state index >= 15 is 0 Å². The Morgan fingerprint density at radius 1 is 1.00 bits per heavy atom. The number of fused-ring (bicyclic) bond motifs is 3. The molecule has 3 nitrogen and oxygen atoms in total. The van der Waals surface area contributed by atoms with Crippen LogP contribution in [0.1, 0.15) is 32.1 Å². The number of hydrogen-bond donors (Lipinski definition) is 1. The molecule has 3 unspecified atom stereocenters. The zero-order valence-corrected chi connectivity index (χ0v) is 11.3. The van der Waals surface area contributed by atoms with Gasteiger partial charge in [0.2, 0.25) is 0 Å². The molecule has 2 aliphatic carbocycles. The van der Waals surface area contributed by atoms with Crippen molar-refractivity contribution >= 4 is 5.69 Å². The third-order valence-electron chi connectivity index (χ3n) is 5.00. The van der Waals surface area contributed by atoms with E-state index in [1.807, 2.05) is 24.3 Å². The van der Waals surface area contributed by atoms with Crippen LogP contribution in [0.2, 0.25) is 0 Å². The smallest absolute Gasteiger partial charge is 0.119 e. The summed E-state index contributed by atoms with van der Waals surface area (Å²) in [6.07, 6.45) is 7.19. The minimum Gasteiger partial charge on any atom is -0.490 e. The average molecular weight is 258 g/mol. The highest BCUT2D eigenvalue weighted by molar-refractivity contribution is 5.41. The third kappa shape index (κ3) is 2.20. The predicted octanol–water partition coefficient (Wildman–Crippen LogP) is 2.66. The largest absolute Gasteiger partial charge is 0.490 e. The lowest BCUT2D eigenvalue weighted by Crippen LogP contribution is -2.56. The fourth-order valence-corrected chi connectivity index (χ4v) is 3.82. The molecule has 4 fully saturated rings. The molecule has 3 atom stereocenters. The molecule has 0 aromatic heterocycles. The number of anilines is 1. The number of piperidine rings is 2. The van der Waals surface area contributed by atoms with Gasteiger partial charge in [-0.25, -0.2) is 0 Å². The molecule has 2 bridgehead atoms. The van der Waals surface area contributed by atoms with E-state index in [2.05, 4.69) is 4.90 Å². The first kappa shape index (κ1) is 11.6. The first-order chi connectivity index (χ1) is 9.29. The van der Waals surface area contributed by atoms with Gasteiger partial charge < -0.3 is 10.5 Å². The van der Waals surface area contributed by atoms with Crippen molar-refractivity contribution in [2.75, 3.05) is 12.3 Å². The Bertz CT molecular complexity index is 454. The fraction of sp³-hybridized carbons (Fsp3) is 0.625. The molecule has 1 aromatic rings. The zero-order chi connectivity index (χ0) is 12.8. The normalized spacial score (nSPS) is 34.4. The summed E-state index contributed by atoms with van der Waals surface area (Å²) in [5, 5.41) is 0. The number of hydrogen-bond acceptors (Lipinski definition) is 3. The van der Waals surface area contributed by atoms with Crippen LogP contribution in [-0.2, 0) is 0 Å². The van der Waals surface area contributed by atoms with Crippen molar-refractivity contribution in [3.05, 3.63) is 24.3 Å². The van der Waals surface area contributed by atoms with Crippen molar-refractivity contribution < 1.29 is 4.74 Å². The van der Waals surface area contributed by atoms with Crippen LogP contribution in [0.25, 0.3) is 0 Å². The summed E-state index contributed by atoms with van der Waals surface area (Å²) >= 11 is 0. The standard InChI is InChI=1S/C16H22N2O/c17-12-2-7-15(8-3-12)19-16-9-14-4-1-11(16)10-18(14)13-5-6-13/h2-3,7-8,11,13-14,16H,1,4-6,9-10,17H2. The van der Waals surface area contributed by atoms with Gasteiger partial charge in [-0.1, -0.05) is 0 Å². The Balaban J connectivity index is 1.44. The van der Waals surface area contributed by atoms with Gasteiger partial charge in [0, 0.05) is 36.7 Å². The highest BCUT2D eigenvalue weighted by Crippen LogP contribution is 2.42. The van der Waals surface area contributed by atoms with Crippen LogP contribution >= 0.6 is 0 Å². The van der Waals surface area contributed by atoms with Gasteiger partial charge in [0.25, 0.3) is 0 Å². The van der Waals surface area contributed by atoms with Crippen molar-refractivity contribution in [3.63, 3.8) is 0 Å². The molecule has 5 rings (SSSR count). The summed E-state index contributed by atoms with van der Waals surface area (Å²) < 4.78 is 6.21. The van der Waals surface area contributed by atoms with Gasteiger partial charge in [-0.3, -0.25) is 4.90 Å². The fourth-order valence-electron chi connectivity index (χ4n) is 3.82. The second kappa shape index (κ2) is 4.41. The molecular formula is C16H22N2O. The lowest BCUT2D eigenvalue weighted by molar-refractivity contribution is -0.0407. The Morgan fingerprint density at radius 3 is 2.37 bits per heavy atom. The van der Waals surface area contributed by atoms with Gasteiger partial charge in [-0.2, -0.15) is 0 Å². The molecule has 19 heavy (non-hydrogen) atoms. The van der Waals surface area contributed by atoms with E-state index in [4.69, 9.17) is 10.5 Å². The topological polar surface area (TPSA) is 38.5 Å². The lowest BCUT2D eigenvalue weighted by Gasteiger charge is -2.49. The van der Waals surface area contributed by atoms with E-state index in [1.165, 1.54) is 38.6 Å². The quantitative estimate of drug-likeness (QED) is 0.847. The third-order valence-corrected chi connectivity index (χ3v) is 5.00. The molecule has 0 spiro atoms. The van der Waals surface area contributed by atoms with E-state index in [0.29, 0.717) is 6.10 Å². The minimum absolute atomic E-state index is 0.414. The van der Waals surface area contributed by atoms with Gasteiger partial charge in [-0.05, 0) is 49.9 Å². The first-order valence-electron chi connectivity index (χ1n) is 7.57. The summed E-state index contributed by atoms with van der Waals surface area (Å²) in [4.78, 5) is 2.76. The SMILES string of the molecule is Nc1ccc(OC2CC3CCC2CN3C2CC2)cc1. The van der Waals surface area contributed by atoms with Crippen LogP contribution in [0.5, 0.6) is 5.75 Å². The van der Waals surface area contributed by atoms with E-state index in [9.17, 15) is 0 Å². The van der Waals surface area contributed by atoms with Crippen molar-refractivity contribution in [1.29, 1.82) is 0 Å². The van der Waals surface area contributed by atoms with E-state index < -0.39 is 0 Å². The molecule has 1 aromatic carbocycles. The van der Waals surface area contributed by atoms with Crippen molar-refractivity contribution in [2.24, 2.45) is 5.92 Å². The molecule has 3 heteroatoms. The zero-order valence-electron chi connectivity index (χ0n) is 11.3. The molecule has 2 N–H and O–H groups in total. The molecule has 4 aliphatic rings. The van der Waals surface area contributed by atoms with Crippen LogP contribution in [-0.4, -0.2) is 29.6 Å². The summed E-state index contributed by atoms with van der Waals surface area (Å²) in [7, 11) is 0. The van der Waals surface area contributed by atoms with Crippen LogP contribution < -0.4 is 10.5 Å². The Kier molecular flexibility index (Phi) is 2.69. The summed E-state index contributed by atoms with van der Waals surface area (Å²) in [6.45, 7) is 1.26. The average Bonchev–Trinajstić information content (AvgIpc) is 3.27. The van der Waals surface area contributed by atoms with Crippen molar-refractivity contribution in [1.82, 2.24) is 4.90 Å². The summed E-state index contributed by atoms with van der Waals surface area (Å²) in [6, 6.07) is 9.52. The van der Waals surface area contributed by atoms with Gasteiger partial charge in [0.05, 0.1) is 0 Å². The molecule has 2 saturated carbocycles. The molecule has 2 saturated heterocycles. The number of ether oxygens (including phenoxy) is 1. The molecule has 102 valence electrons. The summed E-state index contributed by atoms with van der Waals surface area (Å²) in [5.74, 6) is 1.70. The molecule has 0 amide bonds. The first-order valence-corrected chi connectivity index (χ1v) is 7.57. The van der Waals surface area contributed by atoms with E-state index in [0.717, 1.165) is 29.4 Å². The number of nitrogens with zero attached hydrogens (tertiary/aromatic N) is 1. The van der Waals surface area contributed by atoms with Gasteiger partial charge in [-0.15, -0.1) is 0 Å². The van der Waals surface area contributed by atoms with E-state index in [1.54, 1.807) is 0 Å². The Labute approximate surface area is 114 Å². The molecule has 0 radical (unpaired) electrons. The Morgan fingerprint density at radius 2 is 1.74 bits per heavy atom. The van der Waals surface area contributed by atoms with Crippen LogP contribution in [0.4, 0.5) is 5.69 Å². The highest BCUT2D eigenvalue weighted by atomic mass is 16.5. The van der Waals surface area contributed by atoms with Crippen LogP contribution in [0.15, 0.2) is 24.3 Å². The van der Waals surface area contributed by atoms with Crippen molar-refractivity contribution in [2.45, 2.75) is 50.3 Å². The number of benzene rings is 1. The minimum atomic E-state index is 0.414. The number of nitrogen functional groups attached to an aromatic ring is 1. The van der Waals surface area contributed by atoms with Crippen molar-refractivity contribution in [3.8, 4) is 5.75 Å². The monoisotopic (exact) mass is 258 g/mol. The number of rotatable bonds is 3. The lowest BCUT2D eigenvalue weighted by atomic mass is 9.77. The second-order valence-corrected chi connectivity index (χ2v) is 6.38.